The Morgan fingerprint density at radius 1 is 1.41 bits per heavy atom. The fourth-order valence-corrected chi connectivity index (χ4v) is 1.72. The van der Waals surface area contributed by atoms with Crippen molar-refractivity contribution in [1.29, 1.82) is 0 Å². The minimum atomic E-state index is -0.762. The predicted octanol–water partition coefficient (Wildman–Crippen LogP) is 0.965. The highest BCUT2D eigenvalue weighted by molar-refractivity contribution is 5.44. The maximum Gasteiger partial charge on any atom is 0.276 e. The highest BCUT2D eigenvalue weighted by atomic mass is 16.3. The number of hydrogen-bond donors (Lipinski definition) is 1. The number of fused-ring (bicyclic) bond motifs is 1. The van der Waals surface area contributed by atoms with Gasteiger partial charge in [0.25, 0.3) is 5.56 Å². The van der Waals surface area contributed by atoms with Gasteiger partial charge in [0.05, 0.1) is 11.3 Å². The van der Waals surface area contributed by atoms with Crippen molar-refractivity contribution >= 4 is 5.52 Å². The van der Waals surface area contributed by atoms with E-state index in [-0.39, 0.29) is 5.56 Å². The zero-order valence-corrected chi connectivity index (χ0v) is 10.3. The lowest BCUT2D eigenvalue weighted by atomic mass is 10.1. The molecule has 0 aromatic carbocycles. The van der Waals surface area contributed by atoms with Gasteiger partial charge in [0, 0.05) is 18.9 Å². The maximum atomic E-state index is 12.1. The van der Waals surface area contributed by atoms with Gasteiger partial charge in [0.2, 0.25) is 0 Å². The van der Waals surface area contributed by atoms with Crippen molar-refractivity contribution in [3.8, 4) is 0 Å². The molecule has 0 aliphatic rings. The largest absolute Gasteiger partial charge is 0.390 e. The SMILES string of the molecule is Cc1cc2c(=O)n(CCC(C)(C)O)ccn2n1. The molecule has 0 unspecified atom stereocenters. The molecule has 0 spiro atoms. The van der Waals surface area contributed by atoms with Crippen LogP contribution < -0.4 is 5.56 Å². The Morgan fingerprint density at radius 2 is 2.12 bits per heavy atom. The fraction of sp³-hybridized carbons (Fsp3) is 0.500. The third kappa shape index (κ3) is 2.55. The van der Waals surface area contributed by atoms with Crippen LogP contribution in [0.15, 0.2) is 23.3 Å². The second kappa shape index (κ2) is 4.00. The Balaban J connectivity index is 2.36. The first-order valence-corrected chi connectivity index (χ1v) is 5.65. The average Bonchev–Trinajstić information content (AvgIpc) is 2.57. The van der Waals surface area contributed by atoms with Crippen molar-refractivity contribution in [3.05, 3.63) is 34.5 Å². The van der Waals surface area contributed by atoms with Crippen molar-refractivity contribution < 1.29 is 5.11 Å². The van der Waals surface area contributed by atoms with Gasteiger partial charge in [-0.15, -0.1) is 0 Å². The lowest BCUT2D eigenvalue weighted by Gasteiger charge is -2.17. The number of aromatic nitrogens is 3. The Morgan fingerprint density at radius 3 is 2.76 bits per heavy atom. The highest BCUT2D eigenvalue weighted by Crippen LogP contribution is 2.08. The molecule has 0 aliphatic heterocycles. The molecule has 2 rings (SSSR count). The maximum absolute atomic E-state index is 12.1. The van der Waals surface area contributed by atoms with Gasteiger partial charge in [-0.1, -0.05) is 0 Å². The number of hydrogen-bond acceptors (Lipinski definition) is 3. The molecule has 5 heteroatoms. The topological polar surface area (TPSA) is 59.5 Å². The van der Waals surface area contributed by atoms with E-state index in [0.717, 1.165) is 5.69 Å². The van der Waals surface area contributed by atoms with Crippen molar-refractivity contribution in [2.75, 3.05) is 0 Å². The Bertz CT molecular complexity index is 590. The molecule has 0 bridgehead atoms. The molecule has 92 valence electrons. The quantitative estimate of drug-likeness (QED) is 0.862. The third-order valence-electron chi connectivity index (χ3n) is 2.69. The summed E-state index contributed by atoms with van der Waals surface area (Å²) in [5, 5.41) is 13.8. The highest BCUT2D eigenvalue weighted by Gasteiger charge is 2.13. The van der Waals surface area contributed by atoms with Crippen LogP contribution in [0.4, 0.5) is 0 Å². The first-order chi connectivity index (χ1) is 7.87. The average molecular weight is 235 g/mol. The third-order valence-corrected chi connectivity index (χ3v) is 2.69. The zero-order chi connectivity index (χ0) is 12.6. The van der Waals surface area contributed by atoms with Crippen molar-refractivity contribution in [3.63, 3.8) is 0 Å². The van der Waals surface area contributed by atoms with Crippen LogP contribution in [0.3, 0.4) is 0 Å². The standard InChI is InChI=1S/C12H17N3O2/c1-9-8-10-11(16)14(5-4-12(2,3)17)6-7-15(10)13-9/h6-8,17H,4-5H2,1-3H3. The number of rotatable bonds is 3. The molecule has 5 nitrogen and oxygen atoms in total. The summed E-state index contributed by atoms with van der Waals surface area (Å²) in [7, 11) is 0. The molecule has 0 saturated carbocycles. The van der Waals surface area contributed by atoms with Crippen LogP contribution in [0.25, 0.3) is 5.52 Å². The van der Waals surface area contributed by atoms with E-state index in [1.807, 2.05) is 6.92 Å². The van der Waals surface area contributed by atoms with Crippen LogP contribution in [-0.2, 0) is 6.54 Å². The number of aryl methyl sites for hydroxylation is 2. The van der Waals surface area contributed by atoms with E-state index in [9.17, 15) is 9.90 Å². The van der Waals surface area contributed by atoms with Crippen LogP contribution in [0.5, 0.6) is 0 Å². The summed E-state index contributed by atoms with van der Waals surface area (Å²) in [5.41, 5.74) is 0.558. The Hall–Kier alpha value is -1.62. The van der Waals surface area contributed by atoms with Crippen LogP contribution in [0.1, 0.15) is 26.0 Å². The molecule has 0 amide bonds. The van der Waals surface area contributed by atoms with Gasteiger partial charge >= 0.3 is 0 Å². The summed E-state index contributed by atoms with van der Waals surface area (Å²) in [6, 6.07) is 1.77. The fourth-order valence-electron chi connectivity index (χ4n) is 1.72. The summed E-state index contributed by atoms with van der Waals surface area (Å²) in [4.78, 5) is 12.1. The van der Waals surface area contributed by atoms with Gasteiger partial charge in [-0.25, -0.2) is 4.52 Å². The minimum Gasteiger partial charge on any atom is -0.390 e. The minimum absolute atomic E-state index is 0.0719. The number of aliphatic hydroxyl groups is 1. The summed E-state index contributed by atoms with van der Waals surface area (Å²) < 4.78 is 3.19. The van der Waals surface area contributed by atoms with Gasteiger partial charge in [-0.2, -0.15) is 5.10 Å². The van der Waals surface area contributed by atoms with Gasteiger partial charge in [-0.05, 0) is 33.3 Å². The van der Waals surface area contributed by atoms with E-state index in [2.05, 4.69) is 5.10 Å². The summed E-state index contributed by atoms with van der Waals surface area (Å²) in [6.07, 6.45) is 4.00. The molecule has 0 aliphatic carbocycles. The summed E-state index contributed by atoms with van der Waals surface area (Å²) in [6.45, 7) is 5.83. The van der Waals surface area contributed by atoms with Gasteiger partial charge in [0.15, 0.2) is 0 Å². The molecule has 0 fully saturated rings. The molecule has 2 aromatic rings. The van der Waals surface area contributed by atoms with E-state index < -0.39 is 5.60 Å². The van der Waals surface area contributed by atoms with Gasteiger partial charge in [-0.3, -0.25) is 4.79 Å². The monoisotopic (exact) mass is 235 g/mol. The molecule has 0 atom stereocenters. The van der Waals surface area contributed by atoms with Gasteiger partial charge in [0.1, 0.15) is 5.52 Å². The van der Waals surface area contributed by atoms with Crippen molar-refractivity contribution in [2.24, 2.45) is 0 Å². The lowest BCUT2D eigenvalue weighted by Crippen LogP contribution is -2.27. The van der Waals surface area contributed by atoms with Gasteiger partial charge < -0.3 is 9.67 Å². The summed E-state index contributed by atoms with van der Waals surface area (Å²) >= 11 is 0. The van der Waals surface area contributed by atoms with Crippen LogP contribution >= 0.6 is 0 Å². The van der Waals surface area contributed by atoms with Crippen molar-refractivity contribution in [1.82, 2.24) is 14.2 Å². The van der Waals surface area contributed by atoms with Crippen molar-refractivity contribution in [2.45, 2.75) is 39.3 Å². The molecular formula is C12H17N3O2. The van der Waals surface area contributed by atoms with E-state index >= 15 is 0 Å². The molecule has 17 heavy (non-hydrogen) atoms. The normalized spacial score (nSPS) is 12.2. The zero-order valence-electron chi connectivity index (χ0n) is 10.3. The van der Waals surface area contributed by atoms with Crippen LogP contribution in [0, 0.1) is 6.92 Å². The first kappa shape index (κ1) is 11.9. The molecule has 0 saturated heterocycles. The second-order valence-electron chi connectivity index (χ2n) is 4.97. The van der Waals surface area contributed by atoms with Crippen LogP contribution in [0.2, 0.25) is 0 Å². The molecule has 2 aromatic heterocycles. The smallest absolute Gasteiger partial charge is 0.276 e. The molecular weight excluding hydrogens is 218 g/mol. The number of nitrogens with zero attached hydrogens (tertiary/aromatic N) is 3. The van der Waals surface area contributed by atoms with E-state index in [4.69, 9.17) is 0 Å². The summed E-state index contributed by atoms with van der Waals surface area (Å²) in [5.74, 6) is 0. The molecule has 1 N–H and O–H groups in total. The predicted molar refractivity (Wildman–Crippen MR) is 65.1 cm³/mol. The molecule has 2 heterocycles. The second-order valence-corrected chi connectivity index (χ2v) is 4.97. The van der Waals surface area contributed by atoms with E-state index in [0.29, 0.717) is 18.5 Å². The molecule has 0 radical (unpaired) electrons. The lowest BCUT2D eigenvalue weighted by molar-refractivity contribution is 0.0659. The van der Waals surface area contributed by atoms with Crippen LogP contribution in [-0.4, -0.2) is 24.9 Å². The first-order valence-electron chi connectivity index (χ1n) is 5.65. The Labute approximate surface area is 99.3 Å². The van der Waals surface area contributed by atoms with E-state index in [1.54, 1.807) is 41.4 Å². The van der Waals surface area contributed by atoms with E-state index in [1.165, 1.54) is 0 Å². The Kier molecular flexibility index (Phi) is 2.79.